The second kappa shape index (κ2) is 8.85. The predicted molar refractivity (Wildman–Crippen MR) is 118 cm³/mol. The molecule has 0 aliphatic carbocycles. The summed E-state index contributed by atoms with van der Waals surface area (Å²) in [6.07, 6.45) is 1.16. The predicted octanol–water partition coefficient (Wildman–Crippen LogP) is 5.22. The van der Waals surface area contributed by atoms with Gasteiger partial charge in [-0.05, 0) is 54.0 Å². The van der Waals surface area contributed by atoms with Gasteiger partial charge in [-0.25, -0.2) is 0 Å². The SMILES string of the molecule is CC(C)(C)C1CC(Nc2ccccc2Cc2ccc(Cl)c(Cl)c2)CCN1C(=O)[O-]. The zero-order chi connectivity index (χ0) is 21.2. The molecule has 1 aliphatic heterocycles. The van der Waals surface area contributed by atoms with E-state index in [1.807, 2.05) is 30.3 Å². The molecule has 6 heteroatoms. The van der Waals surface area contributed by atoms with Crippen molar-refractivity contribution < 1.29 is 9.90 Å². The molecule has 0 radical (unpaired) electrons. The number of piperidine rings is 1. The second-order valence-corrected chi connectivity index (χ2v) is 9.60. The van der Waals surface area contributed by atoms with E-state index in [0.717, 1.165) is 30.5 Å². The number of para-hydroxylation sites is 1. The smallest absolute Gasteiger partial charge is 0.137 e. The summed E-state index contributed by atoms with van der Waals surface area (Å²) in [7, 11) is 0. The number of hydrogen-bond donors (Lipinski definition) is 1. The Morgan fingerprint density at radius 2 is 1.90 bits per heavy atom. The maximum absolute atomic E-state index is 11.6. The van der Waals surface area contributed by atoms with Crippen molar-refractivity contribution in [1.29, 1.82) is 0 Å². The standard InChI is InChI=1S/C23H28Cl2N2O2/c1-23(2,3)21-14-17(10-11-27(21)22(28)29)26-20-7-5-4-6-16(20)12-15-8-9-18(24)19(25)13-15/h4-9,13,17,21,26H,10-12,14H2,1-3H3,(H,28,29)/p-1. The molecule has 1 heterocycles. The van der Waals surface area contributed by atoms with Gasteiger partial charge in [0, 0.05) is 24.3 Å². The molecule has 1 amide bonds. The van der Waals surface area contributed by atoms with Crippen molar-refractivity contribution in [2.24, 2.45) is 5.41 Å². The first-order valence-corrected chi connectivity index (χ1v) is 10.7. The third-order valence-electron chi connectivity index (χ3n) is 5.59. The van der Waals surface area contributed by atoms with E-state index in [2.05, 4.69) is 38.2 Å². The van der Waals surface area contributed by atoms with Crippen LogP contribution in [0.25, 0.3) is 0 Å². The minimum atomic E-state index is -1.08. The first-order valence-electron chi connectivity index (χ1n) is 9.91. The summed E-state index contributed by atoms with van der Waals surface area (Å²) >= 11 is 12.2. The van der Waals surface area contributed by atoms with Crippen LogP contribution >= 0.6 is 23.2 Å². The van der Waals surface area contributed by atoms with Crippen LogP contribution in [0, 0.1) is 5.41 Å². The van der Waals surface area contributed by atoms with E-state index in [1.165, 1.54) is 10.5 Å². The summed E-state index contributed by atoms with van der Waals surface area (Å²) in [6, 6.07) is 14.0. The molecule has 4 nitrogen and oxygen atoms in total. The van der Waals surface area contributed by atoms with Crippen LogP contribution in [-0.4, -0.2) is 29.6 Å². The molecule has 3 rings (SSSR count). The third kappa shape index (κ3) is 5.37. The number of anilines is 1. The van der Waals surface area contributed by atoms with Crippen LogP contribution in [0.4, 0.5) is 10.5 Å². The minimum Gasteiger partial charge on any atom is -0.530 e. The maximum atomic E-state index is 11.6. The molecule has 0 spiro atoms. The van der Waals surface area contributed by atoms with Gasteiger partial charge in [-0.3, -0.25) is 0 Å². The van der Waals surface area contributed by atoms with Crippen LogP contribution in [0.15, 0.2) is 42.5 Å². The first-order chi connectivity index (χ1) is 13.6. The molecule has 1 N–H and O–H groups in total. The fourth-order valence-electron chi connectivity index (χ4n) is 4.04. The molecule has 0 saturated carbocycles. The highest BCUT2D eigenvalue weighted by Gasteiger charge is 2.36. The van der Waals surface area contributed by atoms with Gasteiger partial charge < -0.3 is 20.1 Å². The van der Waals surface area contributed by atoms with Gasteiger partial charge in [-0.1, -0.05) is 68.2 Å². The molecule has 0 aromatic heterocycles. The Labute approximate surface area is 182 Å². The van der Waals surface area contributed by atoms with E-state index in [1.54, 1.807) is 0 Å². The number of hydrogen-bond acceptors (Lipinski definition) is 3. The van der Waals surface area contributed by atoms with Crippen molar-refractivity contribution in [1.82, 2.24) is 4.90 Å². The second-order valence-electron chi connectivity index (χ2n) is 8.79. The van der Waals surface area contributed by atoms with Gasteiger partial charge in [0.25, 0.3) is 0 Å². The Kier molecular flexibility index (Phi) is 6.65. The molecule has 156 valence electrons. The van der Waals surface area contributed by atoms with Crippen molar-refractivity contribution in [3.63, 3.8) is 0 Å². The van der Waals surface area contributed by atoms with Gasteiger partial charge in [0.15, 0.2) is 0 Å². The Bertz CT molecular complexity index is 879. The number of rotatable bonds is 4. The minimum absolute atomic E-state index is 0.0824. The van der Waals surface area contributed by atoms with Crippen LogP contribution in [0.5, 0.6) is 0 Å². The van der Waals surface area contributed by atoms with E-state index in [9.17, 15) is 9.90 Å². The molecule has 0 bridgehead atoms. The Morgan fingerprint density at radius 3 is 2.55 bits per heavy atom. The molecule has 1 aliphatic rings. The number of nitrogens with one attached hydrogen (secondary N) is 1. The maximum Gasteiger partial charge on any atom is 0.137 e. The van der Waals surface area contributed by atoms with Gasteiger partial charge in [0.1, 0.15) is 6.09 Å². The molecule has 1 saturated heterocycles. The highest BCUT2D eigenvalue weighted by atomic mass is 35.5. The van der Waals surface area contributed by atoms with Gasteiger partial charge in [-0.15, -0.1) is 0 Å². The summed E-state index contributed by atoms with van der Waals surface area (Å²) in [5.74, 6) is 0. The van der Waals surface area contributed by atoms with Crippen molar-refractivity contribution in [2.45, 2.75) is 52.1 Å². The topological polar surface area (TPSA) is 55.4 Å². The molecular formula is C23H27Cl2N2O2-. The number of nitrogens with zero attached hydrogens (tertiary/aromatic N) is 1. The summed E-state index contributed by atoms with van der Waals surface area (Å²) in [5, 5.41) is 16.3. The lowest BCUT2D eigenvalue weighted by molar-refractivity contribution is -0.271. The number of carbonyl (C=O) groups is 1. The quantitative estimate of drug-likeness (QED) is 0.718. The summed E-state index contributed by atoms with van der Waals surface area (Å²) < 4.78 is 0. The molecule has 2 atom stereocenters. The summed E-state index contributed by atoms with van der Waals surface area (Å²) in [5.41, 5.74) is 3.17. The largest absolute Gasteiger partial charge is 0.530 e. The number of benzene rings is 2. The van der Waals surface area contributed by atoms with Crippen molar-refractivity contribution in [2.75, 3.05) is 11.9 Å². The average molecular weight is 434 g/mol. The van der Waals surface area contributed by atoms with Gasteiger partial charge in [0.2, 0.25) is 0 Å². The molecule has 2 aromatic rings. The number of likely N-dealkylation sites (tertiary alicyclic amines) is 1. The number of carbonyl (C=O) groups excluding carboxylic acids is 1. The normalized spacial score (nSPS) is 19.8. The van der Waals surface area contributed by atoms with Crippen LogP contribution in [0.1, 0.15) is 44.7 Å². The summed E-state index contributed by atoms with van der Waals surface area (Å²) in [6.45, 7) is 6.72. The molecular weight excluding hydrogens is 407 g/mol. The average Bonchev–Trinajstić information content (AvgIpc) is 2.65. The van der Waals surface area contributed by atoms with Crippen molar-refractivity contribution in [3.8, 4) is 0 Å². The monoisotopic (exact) mass is 433 g/mol. The molecule has 2 unspecified atom stereocenters. The van der Waals surface area contributed by atoms with E-state index in [4.69, 9.17) is 23.2 Å². The third-order valence-corrected chi connectivity index (χ3v) is 6.33. The molecule has 2 aromatic carbocycles. The van der Waals surface area contributed by atoms with Crippen LogP contribution in [-0.2, 0) is 6.42 Å². The molecule has 1 fully saturated rings. The zero-order valence-corrected chi connectivity index (χ0v) is 18.6. The van der Waals surface area contributed by atoms with E-state index >= 15 is 0 Å². The van der Waals surface area contributed by atoms with Crippen molar-refractivity contribution >= 4 is 35.0 Å². The van der Waals surface area contributed by atoms with Crippen LogP contribution in [0.2, 0.25) is 10.0 Å². The number of halogens is 2. The molecule has 29 heavy (non-hydrogen) atoms. The van der Waals surface area contributed by atoms with Gasteiger partial charge in [0.05, 0.1) is 10.0 Å². The number of amides is 1. The number of carboxylic acid groups (broad SMARTS) is 1. The fraction of sp³-hybridized carbons (Fsp3) is 0.435. The van der Waals surface area contributed by atoms with Gasteiger partial charge in [-0.2, -0.15) is 0 Å². The lowest BCUT2D eigenvalue weighted by atomic mass is 9.79. The van der Waals surface area contributed by atoms with E-state index < -0.39 is 6.09 Å². The van der Waals surface area contributed by atoms with Crippen LogP contribution in [0.3, 0.4) is 0 Å². The first kappa shape index (κ1) is 21.8. The van der Waals surface area contributed by atoms with Crippen LogP contribution < -0.4 is 10.4 Å². The lowest BCUT2D eigenvalue weighted by Gasteiger charge is -2.47. The lowest BCUT2D eigenvalue weighted by Crippen LogP contribution is -2.57. The zero-order valence-electron chi connectivity index (χ0n) is 17.0. The van der Waals surface area contributed by atoms with Crippen molar-refractivity contribution in [3.05, 3.63) is 63.6 Å². The van der Waals surface area contributed by atoms with E-state index in [-0.39, 0.29) is 17.5 Å². The summed E-state index contributed by atoms with van der Waals surface area (Å²) in [4.78, 5) is 13.0. The highest BCUT2D eigenvalue weighted by Crippen LogP contribution is 2.34. The highest BCUT2D eigenvalue weighted by molar-refractivity contribution is 6.42. The Balaban J connectivity index is 1.77. The Hall–Kier alpha value is -1.91. The Morgan fingerprint density at radius 1 is 1.17 bits per heavy atom. The van der Waals surface area contributed by atoms with Gasteiger partial charge >= 0.3 is 0 Å². The van der Waals surface area contributed by atoms with E-state index in [0.29, 0.717) is 16.6 Å². The fourth-order valence-corrected chi connectivity index (χ4v) is 4.36.